The number of rotatable bonds is 2. The van der Waals surface area contributed by atoms with Gasteiger partial charge < -0.3 is 10.3 Å². The zero-order valence-corrected chi connectivity index (χ0v) is 9.49. The summed E-state index contributed by atoms with van der Waals surface area (Å²) in [5.74, 6) is 0.674. The van der Waals surface area contributed by atoms with Crippen molar-refractivity contribution in [1.29, 1.82) is 0 Å². The summed E-state index contributed by atoms with van der Waals surface area (Å²) in [5.41, 5.74) is 8.61. The Labute approximate surface area is 99.1 Å². The fraction of sp³-hybridized carbons (Fsp3) is 0.308. The molecule has 2 N–H and O–H groups in total. The van der Waals surface area contributed by atoms with Crippen LogP contribution in [0.2, 0.25) is 0 Å². The third-order valence-corrected chi connectivity index (χ3v) is 3.23. The van der Waals surface area contributed by atoms with E-state index in [2.05, 4.69) is 9.55 Å². The van der Waals surface area contributed by atoms with E-state index in [1.54, 1.807) is 6.07 Å². The third kappa shape index (κ3) is 1.65. The van der Waals surface area contributed by atoms with Crippen molar-refractivity contribution in [3.8, 4) is 11.3 Å². The van der Waals surface area contributed by atoms with Gasteiger partial charge in [-0.05, 0) is 25.0 Å². The van der Waals surface area contributed by atoms with Crippen LogP contribution in [0.5, 0.6) is 0 Å². The highest BCUT2D eigenvalue weighted by molar-refractivity contribution is 5.63. The van der Waals surface area contributed by atoms with Gasteiger partial charge >= 0.3 is 0 Å². The number of aromatic nitrogens is 2. The lowest BCUT2D eigenvalue weighted by atomic mass is 10.1. The molecule has 4 heteroatoms. The minimum atomic E-state index is -0.225. The van der Waals surface area contributed by atoms with E-state index in [0.29, 0.717) is 6.54 Å². The van der Waals surface area contributed by atoms with Gasteiger partial charge in [-0.15, -0.1) is 0 Å². The number of hydrogen-bond donors (Lipinski definition) is 1. The molecule has 0 saturated carbocycles. The maximum atomic E-state index is 13.2. The average Bonchev–Trinajstić information content (AvgIpc) is 2.89. The van der Waals surface area contributed by atoms with Gasteiger partial charge in [0.25, 0.3) is 0 Å². The molecular weight excluding hydrogens is 217 g/mol. The number of nitrogens with two attached hydrogens (primary N) is 1. The molecule has 1 aromatic heterocycles. The molecule has 1 aliphatic rings. The van der Waals surface area contributed by atoms with Gasteiger partial charge in [-0.25, -0.2) is 9.37 Å². The Morgan fingerprint density at radius 1 is 1.41 bits per heavy atom. The Kier molecular flexibility index (Phi) is 2.44. The molecule has 0 radical (unpaired) electrons. The van der Waals surface area contributed by atoms with Crippen molar-refractivity contribution >= 4 is 0 Å². The highest BCUT2D eigenvalue weighted by Gasteiger charge is 2.21. The number of imidazole rings is 1. The second kappa shape index (κ2) is 3.96. The summed E-state index contributed by atoms with van der Waals surface area (Å²) >= 11 is 0. The van der Waals surface area contributed by atoms with E-state index < -0.39 is 0 Å². The molecule has 0 amide bonds. The van der Waals surface area contributed by atoms with E-state index in [0.717, 1.165) is 36.5 Å². The smallest absolute Gasteiger partial charge is 0.123 e. The minimum Gasteiger partial charge on any atom is -0.330 e. The van der Waals surface area contributed by atoms with Crippen molar-refractivity contribution in [2.75, 3.05) is 0 Å². The normalized spacial score (nSPS) is 14.0. The number of fused-ring (bicyclic) bond motifs is 1. The summed E-state index contributed by atoms with van der Waals surface area (Å²) in [6.07, 6.45) is 2.12. The van der Waals surface area contributed by atoms with Crippen LogP contribution in [-0.2, 0) is 19.5 Å². The van der Waals surface area contributed by atoms with Gasteiger partial charge in [-0.2, -0.15) is 0 Å². The quantitative estimate of drug-likeness (QED) is 0.860. The Balaban J connectivity index is 2.15. The Morgan fingerprint density at radius 2 is 2.29 bits per heavy atom. The van der Waals surface area contributed by atoms with Crippen LogP contribution in [0.3, 0.4) is 0 Å². The van der Waals surface area contributed by atoms with Gasteiger partial charge in [-0.3, -0.25) is 0 Å². The van der Waals surface area contributed by atoms with Gasteiger partial charge in [0, 0.05) is 17.8 Å². The summed E-state index contributed by atoms with van der Waals surface area (Å²) in [7, 11) is 0. The molecule has 0 bridgehead atoms. The van der Waals surface area contributed by atoms with Crippen LogP contribution in [0.4, 0.5) is 4.39 Å². The molecule has 1 aromatic carbocycles. The first-order chi connectivity index (χ1) is 8.29. The molecule has 2 aromatic rings. The van der Waals surface area contributed by atoms with E-state index in [4.69, 9.17) is 5.73 Å². The molecule has 3 nitrogen and oxygen atoms in total. The van der Waals surface area contributed by atoms with E-state index in [9.17, 15) is 4.39 Å². The van der Waals surface area contributed by atoms with Crippen molar-refractivity contribution in [3.63, 3.8) is 0 Å². The second-order valence-electron chi connectivity index (χ2n) is 4.29. The van der Waals surface area contributed by atoms with Crippen LogP contribution in [0.25, 0.3) is 11.3 Å². The number of halogens is 1. The predicted octanol–water partition coefficient (Wildman–Crippen LogP) is 2.09. The van der Waals surface area contributed by atoms with Crippen molar-refractivity contribution in [3.05, 3.63) is 41.6 Å². The molecule has 0 spiro atoms. The Hall–Kier alpha value is -1.68. The average molecular weight is 231 g/mol. The molecule has 0 unspecified atom stereocenters. The largest absolute Gasteiger partial charge is 0.330 e. The van der Waals surface area contributed by atoms with E-state index >= 15 is 0 Å². The minimum absolute atomic E-state index is 0.225. The molecule has 0 fully saturated rings. The molecular formula is C13H14FN3. The van der Waals surface area contributed by atoms with Crippen LogP contribution >= 0.6 is 0 Å². The number of benzene rings is 1. The second-order valence-corrected chi connectivity index (χ2v) is 4.29. The van der Waals surface area contributed by atoms with Crippen LogP contribution in [-0.4, -0.2) is 9.55 Å². The maximum absolute atomic E-state index is 13.2. The molecule has 0 aliphatic carbocycles. The molecule has 17 heavy (non-hydrogen) atoms. The molecule has 0 saturated heterocycles. The van der Waals surface area contributed by atoms with Crippen LogP contribution in [0.15, 0.2) is 24.3 Å². The van der Waals surface area contributed by atoms with Crippen molar-refractivity contribution in [2.45, 2.75) is 25.9 Å². The predicted molar refractivity (Wildman–Crippen MR) is 63.8 cm³/mol. The first-order valence-electron chi connectivity index (χ1n) is 5.84. The highest BCUT2D eigenvalue weighted by Crippen LogP contribution is 2.29. The lowest BCUT2D eigenvalue weighted by Crippen LogP contribution is -2.06. The van der Waals surface area contributed by atoms with Gasteiger partial charge in [-0.1, -0.05) is 12.1 Å². The first kappa shape index (κ1) is 10.5. The fourth-order valence-corrected chi connectivity index (χ4v) is 2.48. The first-order valence-corrected chi connectivity index (χ1v) is 5.84. The summed E-state index contributed by atoms with van der Waals surface area (Å²) < 4.78 is 15.4. The summed E-state index contributed by atoms with van der Waals surface area (Å²) in [6, 6.07) is 6.59. The zero-order chi connectivity index (χ0) is 11.8. The molecule has 88 valence electrons. The van der Waals surface area contributed by atoms with E-state index in [1.165, 1.54) is 17.8 Å². The number of nitrogens with zero attached hydrogens (tertiary/aromatic N) is 2. The van der Waals surface area contributed by atoms with Gasteiger partial charge in [0.15, 0.2) is 0 Å². The van der Waals surface area contributed by atoms with Gasteiger partial charge in [0.1, 0.15) is 11.6 Å². The monoisotopic (exact) mass is 231 g/mol. The van der Waals surface area contributed by atoms with E-state index in [1.807, 2.05) is 6.07 Å². The highest BCUT2D eigenvalue weighted by atomic mass is 19.1. The van der Waals surface area contributed by atoms with Crippen LogP contribution in [0.1, 0.15) is 17.9 Å². The fourth-order valence-electron chi connectivity index (χ4n) is 2.48. The van der Waals surface area contributed by atoms with Crippen LogP contribution in [0, 0.1) is 5.82 Å². The number of hydrogen-bond acceptors (Lipinski definition) is 2. The summed E-state index contributed by atoms with van der Waals surface area (Å²) in [4.78, 5) is 4.53. The zero-order valence-electron chi connectivity index (χ0n) is 9.49. The molecule has 0 atom stereocenters. The van der Waals surface area contributed by atoms with Crippen molar-refractivity contribution < 1.29 is 4.39 Å². The van der Waals surface area contributed by atoms with E-state index in [-0.39, 0.29) is 5.82 Å². The standard InChI is InChI=1S/C13H14FN3/c14-10-4-1-3-9(7-10)13-11-5-2-6-17(11)12(8-15)16-13/h1,3-4,7H,2,5-6,8,15H2. The van der Waals surface area contributed by atoms with Gasteiger partial charge in [0.2, 0.25) is 0 Å². The van der Waals surface area contributed by atoms with Crippen LogP contribution < -0.4 is 5.73 Å². The lowest BCUT2D eigenvalue weighted by Gasteiger charge is -2.00. The summed E-state index contributed by atoms with van der Waals surface area (Å²) in [6.45, 7) is 1.41. The van der Waals surface area contributed by atoms with Gasteiger partial charge in [0.05, 0.1) is 12.2 Å². The molecule has 3 rings (SSSR count). The molecule has 1 aliphatic heterocycles. The van der Waals surface area contributed by atoms with Crippen molar-refractivity contribution in [1.82, 2.24) is 9.55 Å². The Bertz CT molecular complexity index is 560. The lowest BCUT2D eigenvalue weighted by molar-refractivity contribution is 0.628. The summed E-state index contributed by atoms with van der Waals surface area (Å²) in [5, 5.41) is 0. The maximum Gasteiger partial charge on any atom is 0.123 e. The SMILES string of the molecule is NCc1nc(-c2cccc(F)c2)c2n1CCC2. The Morgan fingerprint density at radius 3 is 3.06 bits per heavy atom. The third-order valence-electron chi connectivity index (χ3n) is 3.23. The van der Waals surface area contributed by atoms with Crippen molar-refractivity contribution in [2.24, 2.45) is 5.73 Å². The topological polar surface area (TPSA) is 43.8 Å². The molecule has 2 heterocycles.